The van der Waals surface area contributed by atoms with Crippen LogP contribution in [0.1, 0.15) is 10.4 Å². The Kier molecular flexibility index (Phi) is 5.00. The lowest BCUT2D eigenvalue weighted by atomic mass is 10.1. The van der Waals surface area contributed by atoms with Crippen molar-refractivity contribution in [2.24, 2.45) is 0 Å². The summed E-state index contributed by atoms with van der Waals surface area (Å²) in [5.74, 6) is -0.531. The molecule has 0 N–H and O–H groups in total. The minimum absolute atomic E-state index is 0.193. The molecule has 6 rings (SSSR count). The molecule has 0 bridgehead atoms. The van der Waals surface area contributed by atoms with Crippen LogP contribution in [0.5, 0.6) is 0 Å². The lowest BCUT2D eigenvalue weighted by molar-refractivity contribution is 0.0999. The highest BCUT2D eigenvalue weighted by molar-refractivity contribution is 7.99. The van der Waals surface area contributed by atoms with E-state index >= 15 is 0 Å². The molecule has 4 nitrogen and oxygen atoms in total. The molecule has 1 amide bonds. The molecule has 1 aliphatic rings. The van der Waals surface area contributed by atoms with Gasteiger partial charge in [0, 0.05) is 21.6 Å². The van der Waals surface area contributed by atoms with E-state index in [4.69, 9.17) is 5.10 Å². The van der Waals surface area contributed by atoms with Crippen LogP contribution >= 0.6 is 11.8 Å². The van der Waals surface area contributed by atoms with Crippen LogP contribution in [-0.2, 0) is 0 Å². The number of hydrogen-bond acceptors (Lipinski definition) is 3. The molecule has 4 aromatic carbocycles. The predicted octanol–water partition coefficient (Wildman–Crippen LogP) is 7.12. The molecule has 2 heterocycles. The Morgan fingerprint density at radius 1 is 0.735 bits per heavy atom. The third-order valence-electron chi connectivity index (χ3n) is 5.72. The highest BCUT2D eigenvalue weighted by Gasteiger charge is 2.31. The number of fused-ring (bicyclic) bond motifs is 2. The van der Waals surface area contributed by atoms with Gasteiger partial charge in [0.15, 0.2) is 0 Å². The second kappa shape index (κ2) is 8.32. The van der Waals surface area contributed by atoms with Crippen molar-refractivity contribution in [3.05, 3.63) is 121 Å². The van der Waals surface area contributed by atoms with Gasteiger partial charge in [0.05, 0.1) is 22.6 Å². The van der Waals surface area contributed by atoms with Crippen LogP contribution in [0, 0.1) is 5.82 Å². The molecule has 5 aromatic rings. The van der Waals surface area contributed by atoms with Crippen LogP contribution in [0.3, 0.4) is 0 Å². The van der Waals surface area contributed by atoms with E-state index in [0.717, 1.165) is 26.9 Å². The van der Waals surface area contributed by atoms with Crippen LogP contribution in [0.15, 0.2) is 119 Å². The maximum Gasteiger partial charge on any atom is 0.266 e. The topological polar surface area (TPSA) is 38.1 Å². The number of aromatic nitrogens is 2. The lowest BCUT2D eigenvalue weighted by Crippen LogP contribution is -2.28. The molecule has 6 heteroatoms. The summed E-state index contributed by atoms with van der Waals surface area (Å²) in [6, 6.07) is 31.4. The minimum atomic E-state index is -0.338. The molecule has 1 aliphatic heterocycles. The number of benzene rings is 4. The molecule has 0 fully saturated rings. The van der Waals surface area contributed by atoms with Gasteiger partial charge in [-0.15, -0.1) is 0 Å². The van der Waals surface area contributed by atoms with Gasteiger partial charge in [-0.2, -0.15) is 5.10 Å². The summed E-state index contributed by atoms with van der Waals surface area (Å²) < 4.78 is 15.3. The lowest BCUT2D eigenvalue weighted by Gasteiger charge is -2.31. The first-order valence-electron chi connectivity index (χ1n) is 10.8. The second-order valence-corrected chi connectivity index (χ2v) is 8.94. The zero-order chi connectivity index (χ0) is 23.1. The zero-order valence-corrected chi connectivity index (χ0v) is 18.7. The van der Waals surface area contributed by atoms with Gasteiger partial charge in [0.2, 0.25) is 0 Å². The number of rotatable bonds is 3. The van der Waals surface area contributed by atoms with E-state index < -0.39 is 0 Å². The number of hydrogen-bond donors (Lipinski definition) is 0. The Hall–Kier alpha value is -4.16. The monoisotopic (exact) mass is 463 g/mol. The van der Waals surface area contributed by atoms with Crippen LogP contribution in [0.2, 0.25) is 0 Å². The van der Waals surface area contributed by atoms with Crippen molar-refractivity contribution >= 4 is 29.0 Å². The summed E-state index contributed by atoms with van der Waals surface area (Å²) in [6.45, 7) is 0. The van der Waals surface area contributed by atoms with Crippen LogP contribution < -0.4 is 4.90 Å². The summed E-state index contributed by atoms with van der Waals surface area (Å²) in [6.07, 6.45) is 1.75. The number of carbonyl (C=O) groups is 1. The van der Waals surface area contributed by atoms with E-state index in [9.17, 15) is 9.18 Å². The average molecular weight is 464 g/mol. The predicted molar refractivity (Wildman–Crippen MR) is 132 cm³/mol. The molecule has 0 saturated carbocycles. The fourth-order valence-electron chi connectivity index (χ4n) is 4.11. The zero-order valence-electron chi connectivity index (χ0n) is 17.9. The Morgan fingerprint density at radius 2 is 1.32 bits per heavy atom. The maximum atomic E-state index is 14.2. The number of halogens is 1. The maximum absolute atomic E-state index is 14.2. The molecular formula is C28H18FN3OS. The average Bonchev–Trinajstić information content (AvgIpc) is 3.33. The van der Waals surface area contributed by atoms with Gasteiger partial charge in [-0.25, -0.2) is 9.07 Å². The number of amides is 1. The quantitative estimate of drug-likeness (QED) is 0.286. The third kappa shape index (κ3) is 3.49. The largest absolute Gasteiger partial charge is 0.275 e. The molecule has 0 unspecified atom stereocenters. The number of anilines is 2. The Labute approximate surface area is 200 Å². The minimum Gasteiger partial charge on any atom is -0.275 e. The fraction of sp³-hybridized carbons (Fsp3) is 0. The summed E-state index contributed by atoms with van der Waals surface area (Å²) in [5, 5.41) is 4.75. The summed E-state index contributed by atoms with van der Waals surface area (Å²) in [5.41, 5.74) is 4.10. The van der Waals surface area contributed by atoms with Crippen molar-refractivity contribution < 1.29 is 9.18 Å². The number of nitrogens with zero attached hydrogens (tertiary/aromatic N) is 3. The molecular weight excluding hydrogens is 445 g/mol. The fourth-order valence-corrected chi connectivity index (χ4v) is 5.17. The molecule has 164 valence electrons. The summed E-state index contributed by atoms with van der Waals surface area (Å²) >= 11 is 1.65. The number of carbonyl (C=O) groups excluding carboxylic acids is 1. The van der Waals surface area contributed by atoms with Crippen molar-refractivity contribution in [1.29, 1.82) is 0 Å². The first-order valence-corrected chi connectivity index (χ1v) is 11.6. The van der Waals surface area contributed by atoms with E-state index in [1.54, 1.807) is 39.7 Å². The molecule has 0 atom stereocenters. The molecule has 1 aromatic heterocycles. The van der Waals surface area contributed by atoms with Gasteiger partial charge < -0.3 is 0 Å². The number of para-hydroxylation sites is 3. The van der Waals surface area contributed by atoms with Crippen LogP contribution in [0.25, 0.3) is 16.9 Å². The van der Waals surface area contributed by atoms with E-state index in [0.29, 0.717) is 16.8 Å². The van der Waals surface area contributed by atoms with Gasteiger partial charge in [0.1, 0.15) is 11.5 Å². The van der Waals surface area contributed by atoms with E-state index in [1.807, 2.05) is 78.9 Å². The standard InChI is InChI=1S/C28H18FN3OS/c29-20-16-14-19(15-17-20)27-22(18-31(30-27)21-8-2-1-3-9-21)28(33)32-23-10-4-6-12-25(23)34-26-13-7-5-11-24(26)32/h1-18H. The Balaban J connectivity index is 1.54. The first kappa shape index (κ1) is 20.4. The van der Waals surface area contributed by atoms with Crippen molar-refractivity contribution in [3.63, 3.8) is 0 Å². The molecule has 0 saturated heterocycles. The highest BCUT2D eigenvalue weighted by Crippen LogP contribution is 2.48. The van der Waals surface area contributed by atoms with Crippen molar-refractivity contribution in [2.75, 3.05) is 4.90 Å². The first-order chi connectivity index (χ1) is 16.7. The van der Waals surface area contributed by atoms with Crippen molar-refractivity contribution in [2.45, 2.75) is 9.79 Å². The van der Waals surface area contributed by atoms with E-state index in [1.165, 1.54) is 12.1 Å². The third-order valence-corrected chi connectivity index (χ3v) is 6.85. The Morgan fingerprint density at radius 3 is 1.97 bits per heavy atom. The highest BCUT2D eigenvalue weighted by atomic mass is 32.2. The summed E-state index contributed by atoms with van der Waals surface area (Å²) in [7, 11) is 0. The molecule has 34 heavy (non-hydrogen) atoms. The smallest absolute Gasteiger partial charge is 0.266 e. The van der Waals surface area contributed by atoms with Gasteiger partial charge in [-0.3, -0.25) is 9.69 Å². The SMILES string of the molecule is O=C(c1cn(-c2ccccc2)nc1-c1ccc(F)cc1)N1c2ccccc2Sc2ccccc21. The van der Waals surface area contributed by atoms with E-state index in [-0.39, 0.29) is 11.7 Å². The van der Waals surface area contributed by atoms with Gasteiger partial charge in [0.25, 0.3) is 5.91 Å². The van der Waals surface area contributed by atoms with Crippen molar-refractivity contribution in [1.82, 2.24) is 9.78 Å². The molecule has 0 spiro atoms. The molecule has 0 aliphatic carbocycles. The van der Waals surface area contributed by atoms with Crippen LogP contribution in [0.4, 0.5) is 15.8 Å². The second-order valence-electron chi connectivity index (χ2n) is 7.86. The normalized spacial score (nSPS) is 12.2. The van der Waals surface area contributed by atoms with E-state index in [2.05, 4.69) is 0 Å². The Bertz CT molecular complexity index is 1470. The van der Waals surface area contributed by atoms with Gasteiger partial charge >= 0.3 is 0 Å². The van der Waals surface area contributed by atoms with Crippen LogP contribution in [-0.4, -0.2) is 15.7 Å². The summed E-state index contributed by atoms with van der Waals surface area (Å²) in [4.78, 5) is 18.0. The van der Waals surface area contributed by atoms with Gasteiger partial charge in [-0.05, 0) is 60.7 Å². The van der Waals surface area contributed by atoms with Gasteiger partial charge in [-0.1, -0.05) is 54.2 Å². The molecule has 0 radical (unpaired) electrons. The van der Waals surface area contributed by atoms with Crippen molar-refractivity contribution in [3.8, 4) is 16.9 Å².